The molecule has 0 amide bonds. The minimum Gasteiger partial charge on any atom is -0.408 e. The molecule has 1 N–H and O–H groups in total. The molecule has 0 aliphatic carbocycles. The zero-order valence-electron chi connectivity index (χ0n) is 10.5. The highest BCUT2D eigenvalue weighted by atomic mass is 32.2. The summed E-state index contributed by atoms with van der Waals surface area (Å²) in [7, 11) is -0.780. The number of hydrogen-bond acceptors (Lipinski definition) is 5. The largest absolute Gasteiger partial charge is 0.419 e. The summed E-state index contributed by atoms with van der Waals surface area (Å²) in [5.74, 6) is -0.548. The maximum Gasteiger partial charge on any atom is 0.419 e. The molecule has 0 aliphatic heterocycles. The van der Waals surface area contributed by atoms with E-state index in [2.05, 4.69) is 0 Å². The molecule has 8 heteroatoms. The van der Waals surface area contributed by atoms with Crippen LogP contribution in [0.4, 0.5) is 0 Å². The van der Waals surface area contributed by atoms with Gasteiger partial charge in [0.05, 0.1) is 17.0 Å². The number of oxazole rings is 1. The molecule has 1 aromatic carbocycles. The fraction of sp³-hybridized carbons (Fsp3) is 0.364. The Morgan fingerprint density at radius 1 is 1.42 bits per heavy atom. The van der Waals surface area contributed by atoms with E-state index in [-0.39, 0.29) is 23.6 Å². The summed E-state index contributed by atoms with van der Waals surface area (Å²) in [6.45, 7) is -0.266. The molecule has 0 radical (unpaired) electrons. The highest BCUT2D eigenvalue weighted by Gasteiger charge is 2.21. The first kappa shape index (κ1) is 13.8. The number of benzene rings is 1. The van der Waals surface area contributed by atoms with E-state index in [4.69, 9.17) is 9.52 Å². The van der Waals surface area contributed by atoms with Crippen molar-refractivity contribution in [2.75, 3.05) is 20.2 Å². The second kappa shape index (κ2) is 4.80. The summed E-state index contributed by atoms with van der Waals surface area (Å²) >= 11 is 0. The number of sulfonamides is 1. The second-order valence-corrected chi connectivity index (χ2v) is 6.15. The van der Waals surface area contributed by atoms with E-state index >= 15 is 0 Å². The van der Waals surface area contributed by atoms with Gasteiger partial charge in [0.25, 0.3) is 0 Å². The van der Waals surface area contributed by atoms with Crippen molar-refractivity contribution < 1.29 is 17.9 Å². The molecule has 2 rings (SSSR count). The van der Waals surface area contributed by atoms with E-state index in [9.17, 15) is 13.2 Å². The molecule has 0 fully saturated rings. The number of aromatic nitrogens is 1. The van der Waals surface area contributed by atoms with Gasteiger partial charge in [0.2, 0.25) is 10.0 Å². The molecule has 104 valence electrons. The van der Waals surface area contributed by atoms with Gasteiger partial charge in [0.15, 0.2) is 5.58 Å². The molecule has 0 saturated heterocycles. The third-order valence-corrected chi connectivity index (χ3v) is 4.74. The van der Waals surface area contributed by atoms with Gasteiger partial charge in [-0.25, -0.2) is 13.2 Å². The first-order valence-electron chi connectivity index (χ1n) is 5.54. The van der Waals surface area contributed by atoms with Crippen LogP contribution in [0.5, 0.6) is 0 Å². The van der Waals surface area contributed by atoms with E-state index in [1.807, 2.05) is 0 Å². The second-order valence-electron chi connectivity index (χ2n) is 4.11. The molecule has 0 unspecified atom stereocenters. The number of aryl methyl sites for hydroxylation is 1. The fourth-order valence-electron chi connectivity index (χ4n) is 1.72. The van der Waals surface area contributed by atoms with Crippen molar-refractivity contribution in [3.63, 3.8) is 0 Å². The van der Waals surface area contributed by atoms with E-state index in [0.717, 1.165) is 4.31 Å². The van der Waals surface area contributed by atoms with Gasteiger partial charge in [-0.2, -0.15) is 4.31 Å². The number of likely N-dealkylation sites (N-methyl/N-ethyl adjacent to an activating group) is 1. The quantitative estimate of drug-likeness (QED) is 0.836. The monoisotopic (exact) mass is 286 g/mol. The van der Waals surface area contributed by atoms with Crippen LogP contribution in [0.15, 0.2) is 32.3 Å². The molecule has 0 spiro atoms. The lowest BCUT2D eigenvalue weighted by atomic mass is 10.3. The van der Waals surface area contributed by atoms with Gasteiger partial charge in [0.1, 0.15) is 0 Å². The summed E-state index contributed by atoms with van der Waals surface area (Å²) < 4.78 is 31.6. The molecular formula is C11H14N2O5S. The van der Waals surface area contributed by atoms with Crippen LogP contribution in [0, 0.1) is 0 Å². The molecule has 0 aliphatic rings. The van der Waals surface area contributed by atoms with Gasteiger partial charge in [0, 0.05) is 26.7 Å². The van der Waals surface area contributed by atoms with Crippen molar-refractivity contribution >= 4 is 21.1 Å². The van der Waals surface area contributed by atoms with Crippen molar-refractivity contribution in [3.8, 4) is 0 Å². The van der Waals surface area contributed by atoms with Crippen molar-refractivity contribution in [3.05, 3.63) is 28.7 Å². The lowest BCUT2D eigenvalue weighted by molar-refractivity contribution is 0.266. The number of hydrogen-bond donors (Lipinski definition) is 1. The average Bonchev–Trinajstić information content (AvgIpc) is 2.65. The Balaban J connectivity index is 2.55. The predicted molar refractivity (Wildman–Crippen MR) is 68.4 cm³/mol. The first-order chi connectivity index (χ1) is 8.87. The topological polar surface area (TPSA) is 92.8 Å². The lowest BCUT2D eigenvalue weighted by Crippen LogP contribution is -2.29. The number of rotatable bonds is 4. The maximum atomic E-state index is 12.1. The summed E-state index contributed by atoms with van der Waals surface area (Å²) in [5, 5.41) is 8.79. The molecule has 7 nitrogen and oxygen atoms in total. The first-order valence-corrected chi connectivity index (χ1v) is 6.98. The van der Waals surface area contributed by atoms with Gasteiger partial charge in [-0.05, 0) is 12.1 Å². The van der Waals surface area contributed by atoms with Crippen LogP contribution >= 0.6 is 0 Å². The van der Waals surface area contributed by atoms with E-state index < -0.39 is 15.8 Å². The Labute approximate surface area is 109 Å². The lowest BCUT2D eigenvalue weighted by Gasteiger charge is -2.15. The van der Waals surface area contributed by atoms with Crippen LogP contribution in [-0.2, 0) is 17.1 Å². The van der Waals surface area contributed by atoms with Gasteiger partial charge in [-0.3, -0.25) is 4.57 Å². The van der Waals surface area contributed by atoms with E-state index in [1.54, 1.807) is 7.05 Å². The Morgan fingerprint density at radius 2 is 2.11 bits per heavy atom. The average molecular weight is 286 g/mol. The molecule has 19 heavy (non-hydrogen) atoms. The Kier molecular flexibility index (Phi) is 3.48. The maximum absolute atomic E-state index is 12.1. The molecule has 0 bridgehead atoms. The Bertz CT molecular complexity index is 759. The number of aliphatic hydroxyl groups is 1. The van der Waals surface area contributed by atoms with Gasteiger partial charge >= 0.3 is 5.76 Å². The van der Waals surface area contributed by atoms with Crippen LogP contribution in [0.25, 0.3) is 11.1 Å². The van der Waals surface area contributed by atoms with E-state index in [1.165, 1.54) is 29.8 Å². The number of fused-ring (bicyclic) bond motifs is 1. The van der Waals surface area contributed by atoms with Crippen molar-refractivity contribution in [1.29, 1.82) is 0 Å². The third-order valence-electron chi connectivity index (χ3n) is 2.89. The zero-order valence-corrected chi connectivity index (χ0v) is 11.3. The molecular weight excluding hydrogens is 272 g/mol. The molecule has 0 saturated carbocycles. The highest BCUT2D eigenvalue weighted by Crippen LogP contribution is 2.20. The summed E-state index contributed by atoms with van der Waals surface area (Å²) in [4.78, 5) is 11.4. The van der Waals surface area contributed by atoms with Crippen molar-refractivity contribution in [2.45, 2.75) is 4.90 Å². The van der Waals surface area contributed by atoms with Crippen LogP contribution in [-0.4, -0.2) is 42.6 Å². The SMILES string of the molecule is CN(CCO)S(=O)(=O)c1ccc2c(c1)oc(=O)n2C. The van der Waals surface area contributed by atoms with Gasteiger partial charge in [-0.15, -0.1) is 0 Å². The van der Waals surface area contributed by atoms with Crippen LogP contribution in [0.1, 0.15) is 0 Å². The molecule has 1 heterocycles. The van der Waals surface area contributed by atoms with Gasteiger partial charge < -0.3 is 9.52 Å². The summed E-state index contributed by atoms with van der Waals surface area (Å²) in [5.41, 5.74) is 0.736. The molecule has 0 atom stereocenters. The normalized spacial score (nSPS) is 12.4. The summed E-state index contributed by atoms with van der Waals surface area (Å²) in [6, 6.07) is 4.22. The van der Waals surface area contributed by atoms with Gasteiger partial charge in [-0.1, -0.05) is 0 Å². The standard InChI is InChI=1S/C11H14N2O5S/c1-12(5-6-14)19(16,17)8-3-4-9-10(7-8)18-11(15)13(9)2/h3-4,7,14H,5-6H2,1-2H3. The zero-order chi connectivity index (χ0) is 14.2. The van der Waals surface area contributed by atoms with Crippen molar-refractivity contribution in [2.24, 2.45) is 7.05 Å². The third kappa shape index (κ3) is 2.29. The minimum absolute atomic E-state index is 0.000884. The highest BCUT2D eigenvalue weighted by molar-refractivity contribution is 7.89. The predicted octanol–water partition coefficient (Wildman–Crippen LogP) is -0.256. The minimum atomic E-state index is -3.69. The summed E-state index contributed by atoms with van der Waals surface area (Å²) in [6.07, 6.45) is 0. The van der Waals surface area contributed by atoms with E-state index in [0.29, 0.717) is 5.52 Å². The molecule has 2 aromatic rings. The number of aliphatic hydroxyl groups excluding tert-OH is 1. The van der Waals surface area contributed by atoms with Crippen LogP contribution < -0.4 is 5.76 Å². The van der Waals surface area contributed by atoms with Crippen LogP contribution in [0.3, 0.4) is 0 Å². The fourth-order valence-corrected chi connectivity index (χ4v) is 2.89. The Hall–Kier alpha value is -1.64. The van der Waals surface area contributed by atoms with Crippen molar-refractivity contribution in [1.82, 2.24) is 8.87 Å². The van der Waals surface area contributed by atoms with Crippen LogP contribution in [0.2, 0.25) is 0 Å². The smallest absolute Gasteiger partial charge is 0.408 e. The Morgan fingerprint density at radius 3 is 2.74 bits per heavy atom. The molecule has 1 aromatic heterocycles. The number of nitrogens with zero attached hydrogens (tertiary/aromatic N) is 2.